The summed E-state index contributed by atoms with van der Waals surface area (Å²) < 4.78 is 5.17. The monoisotopic (exact) mass is 243 g/mol. The molecule has 5 heteroatoms. The molecule has 92 valence electrons. The number of aromatic nitrogens is 1. The number of hydrogen-bond acceptors (Lipinski definition) is 5. The fourth-order valence-corrected chi connectivity index (χ4v) is 2.18. The third-order valence-electron chi connectivity index (χ3n) is 2.10. The van der Waals surface area contributed by atoms with Crippen molar-refractivity contribution < 1.29 is 4.74 Å². The molecular formula is C11H21N3OS. The van der Waals surface area contributed by atoms with Gasteiger partial charge in [-0.15, -0.1) is 11.3 Å². The first-order valence-corrected chi connectivity index (χ1v) is 6.24. The van der Waals surface area contributed by atoms with Crippen molar-refractivity contribution >= 4 is 16.5 Å². The molecule has 4 nitrogen and oxygen atoms in total. The molecular weight excluding hydrogens is 222 g/mol. The minimum atomic E-state index is 0.486. The first-order chi connectivity index (χ1) is 7.54. The smallest absolute Gasteiger partial charge is 0.185 e. The van der Waals surface area contributed by atoms with Crippen LogP contribution in [0.4, 0.5) is 5.13 Å². The van der Waals surface area contributed by atoms with Gasteiger partial charge in [0.2, 0.25) is 0 Å². The molecule has 0 aliphatic rings. The number of nitrogens with zero attached hydrogens (tertiary/aromatic N) is 2. The van der Waals surface area contributed by atoms with E-state index in [1.807, 2.05) is 19.0 Å². The third kappa shape index (κ3) is 3.73. The largest absolute Gasteiger partial charge is 0.378 e. The molecule has 16 heavy (non-hydrogen) atoms. The zero-order valence-electron chi connectivity index (χ0n) is 10.7. The standard InChI is InChI=1S/C11H21N3OS/c1-8(2)12-6-10-9(7-15-5)13-11(16-10)14(3)4/h8,12H,6-7H2,1-5H3. The fourth-order valence-electron chi connectivity index (χ4n) is 1.25. The quantitative estimate of drug-likeness (QED) is 0.827. The summed E-state index contributed by atoms with van der Waals surface area (Å²) in [5.41, 5.74) is 1.05. The summed E-state index contributed by atoms with van der Waals surface area (Å²) in [6.07, 6.45) is 0. The second-order valence-corrected chi connectivity index (χ2v) is 5.29. The molecule has 0 fully saturated rings. The zero-order valence-corrected chi connectivity index (χ0v) is 11.5. The van der Waals surface area contributed by atoms with E-state index in [4.69, 9.17) is 4.74 Å². The lowest BCUT2D eigenvalue weighted by atomic mass is 10.3. The lowest BCUT2D eigenvalue weighted by Gasteiger charge is -2.07. The minimum absolute atomic E-state index is 0.486. The van der Waals surface area contributed by atoms with Crippen molar-refractivity contribution in [2.24, 2.45) is 0 Å². The molecule has 1 aromatic heterocycles. The highest BCUT2D eigenvalue weighted by Gasteiger charge is 2.12. The van der Waals surface area contributed by atoms with Crippen molar-refractivity contribution in [1.29, 1.82) is 0 Å². The SMILES string of the molecule is COCc1nc(N(C)C)sc1CNC(C)C. The van der Waals surface area contributed by atoms with Gasteiger partial charge in [-0.2, -0.15) is 0 Å². The van der Waals surface area contributed by atoms with Gasteiger partial charge in [-0.05, 0) is 0 Å². The third-order valence-corrected chi connectivity index (χ3v) is 3.37. The van der Waals surface area contributed by atoms with E-state index in [0.717, 1.165) is 17.4 Å². The fraction of sp³-hybridized carbons (Fsp3) is 0.727. The van der Waals surface area contributed by atoms with Gasteiger partial charge >= 0.3 is 0 Å². The van der Waals surface area contributed by atoms with Crippen LogP contribution in [0.3, 0.4) is 0 Å². The second-order valence-electron chi connectivity index (χ2n) is 4.23. The van der Waals surface area contributed by atoms with Crippen molar-refractivity contribution in [3.63, 3.8) is 0 Å². The Hall–Kier alpha value is -0.650. The topological polar surface area (TPSA) is 37.4 Å². The molecule has 1 rings (SSSR count). The van der Waals surface area contributed by atoms with Gasteiger partial charge in [-0.3, -0.25) is 0 Å². The Balaban J connectivity index is 2.78. The molecule has 0 unspecified atom stereocenters. The first kappa shape index (κ1) is 13.4. The summed E-state index contributed by atoms with van der Waals surface area (Å²) >= 11 is 1.72. The van der Waals surface area contributed by atoms with Crippen LogP contribution in [0.5, 0.6) is 0 Å². The Morgan fingerprint density at radius 3 is 2.62 bits per heavy atom. The van der Waals surface area contributed by atoms with Gasteiger partial charge in [-0.25, -0.2) is 4.98 Å². The van der Waals surface area contributed by atoms with Crippen LogP contribution in [-0.4, -0.2) is 32.2 Å². The van der Waals surface area contributed by atoms with E-state index >= 15 is 0 Å². The van der Waals surface area contributed by atoms with Gasteiger partial charge in [0.15, 0.2) is 5.13 Å². The maximum absolute atomic E-state index is 5.17. The van der Waals surface area contributed by atoms with E-state index in [2.05, 4.69) is 24.1 Å². The lowest BCUT2D eigenvalue weighted by molar-refractivity contribution is 0.181. The number of ether oxygens (including phenoxy) is 1. The average molecular weight is 243 g/mol. The van der Waals surface area contributed by atoms with E-state index < -0.39 is 0 Å². The van der Waals surface area contributed by atoms with Crippen LogP contribution in [0, 0.1) is 0 Å². The molecule has 1 aromatic rings. The molecule has 0 bridgehead atoms. The highest BCUT2D eigenvalue weighted by Crippen LogP contribution is 2.25. The lowest BCUT2D eigenvalue weighted by Crippen LogP contribution is -2.21. The Morgan fingerprint density at radius 1 is 1.44 bits per heavy atom. The maximum Gasteiger partial charge on any atom is 0.185 e. The molecule has 0 saturated heterocycles. The Morgan fingerprint density at radius 2 is 2.12 bits per heavy atom. The minimum Gasteiger partial charge on any atom is -0.378 e. The number of nitrogens with one attached hydrogen (secondary N) is 1. The summed E-state index contributed by atoms with van der Waals surface area (Å²) in [7, 11) is 5.72. The van der Waals surface area contributed by atoms with Crippen LogP contribution < -0.4 is 10.2 Å². The van der Waals surface area contributed by atoms with Gasteiger partial charge in [0.25, 0.3) is 0 Å². The first-order valence-electron chi connectivity index (χ1n) is 5.42. The van der Waals surface area contributed by atoms with Crippen LogP contribution in [0.25, 0.3) is 0 Å². The summed E-state index contributed by atoms with van der Waals surface area (Å²) in [4.78, 5) is 7.85. The Labute approximate surface area is 102 Å². The predicted molar refractivity (Wildman–Crippen MR) is 69.1 cm³/mol. The van der Waals surface area contributed by atoms with Gasteiger partial charge < -0.3 is 15.0 Å². The molecule has 1 heterocycles. The summed E-state index contributed by atoms with van der Waals surface area (Å²) in [5, 5.41) is 4.44. The van der Waals surface area contributed by atoms with E-state index in [0.29, 0.717) is 12.6 Å². The van der Waals surface area contributed by atoms with Gasteiger partial charge in [-0.1, -0.05) is 13.8 Å². The predicted octanol–water partition coefficient (Wildman–Crippen LogP) is 1.85. The Kier molecular flexibility index (Phi) is 5.18. The molecule has 1 N–H and O–H groups in total. The van der Waals surface area contributed by atoms with E-state index in [1.165, 1.54) is 4.88 Å². The van der Waals surface area contributed by atoms with Crippen LogP contribution in [0.1, 0.15) is 24.4 Å². The molecule has 0 amide bonds. The average Bonchev–Trinajstić information content (AvgIpc) is 2.59. The zero-order chi connectivity index (χ0) is 12.1. The van der Waals surface area contributed by atoms with Crippen LogP contribution in [0.15, 0.2) is 0 Å². The van der Waals surface area contributed by atoms with Crippen molar-refractivity contribution in [2.75, 3.05) is 26.1 Å². The van der Waals surface area contributed by atoms with Gasteiger partial charge in [0.05, 0.1) is 12.3 Å². The number of methoxy groups -OCH3 is 1. The van der Waals surface area contributed by atoms with Crippen molar-refractivity contribution in [1.82, 2.24) is 10.3 Å². The molecule has 0 radical (unpaired) electrons. The van der Waals surface area contributed by atoms with Gasteiger partial charge in [0, 0.05) is 38.7 Å². The Bertz CT molecular complexity index is 323. The maximum atomic E-state index is 5.17. The van der Waals surface area contributed by atoms with Crippen molar-refractivity contribution in [3.05, 3.63) is 10.6 Å². The second kappa shape index (κ2) is 6.18. The summed E-state index contributed by atoms with van der Waals surface area (Å²) in [6, 6.07) is 0.486. The molecule has 0 aliphatic heterocycles. The molecule has 0 atom stereocenters. The summed E-state index contributed by atoms with van der Waals surface area (Å²) in [6.45, 7) is 5.73. The van der Waals surface area contributed by atoms with Crippen molar-refractivity contribution in [3.8, 4) is 0 Å². The van der Waals surface area contributed by atoms with E-state index in [9.17, 15) is 0 Å². The number of rotatable bonds is 6. The van der Waals surface area contributed by atoms with Crippen LogP contribution >= 0.6 is 11.3 Å². The number of anilines is 1. The number of thiazole rings is 1. The van der Waals surface area contributed by atoms with E-state index in [1.54, 1.807) is 18.4 Å². The van der Waals surface area contributed by atoms with Crippen molar-refractivity contribution in [2.45, 2.75) is 33.0 Å². The van der Waals surface area contributed by atoms with Crippen LogP contribution in [0.2, 0.25) is 0 Å². The highest BCUT2D eigenvalue weighted by molar-refractivity contribution is 7.15. The molecule has 0 spiro atoms. The number of hydrogen-bond donors (Lipinski definition) is 1. The normalized spacial score (nSPS) is 11.1. The molecule has 0 aliphatic carbocycles. The van der Waals surface area contributed by atoms with Gasteiger partial charge in [0.1, 0.15) is 0 Å². The molecule has 0 saturated carbocycles. The molecule has 0 aromatic carbocycles. The highest BCUT2D eigenvalue weighted by atomic mass is 32.1. The van der Waals surface area contributed by atoms with E-state index in [-0.39, 0.29) is 0 Å². The summed E-state index contributed by atoms with van der Waals surface area (Å²) in [5.74, 6) is 0. The van der Waals surface area contributed by atoms with Crippen LogP contribution in [-0.2, 0) is 17.9 Å².